The molecule has 1 aliphatic rings. The molecule has 2 N–H and O–H groups in total. The van der Waals surface area contributed by atoms with Crippen molar-refractivity contribution in [2.75, 3.05) is 18.4 Å². The third kappa shape index (κ3) is 3.83. The zero-order valence-corrected chi connectivity index (χ0v) is 12.3. The first-order valence-electron chi connectivity index (χ1n) is 7.51. The van der Waals surface area contributed by atoms with Crippen LogP contribution in [0, 0.1) is 5.92 Å². The molecule has 114 valence electrons. The highest BCUT2D eigenvalue weighted by Gasteiger charge is 2.20. The fourth-order valence-electron chi connectivity index (χ4n) is 2.48. The summed E-state index contributed by atoms with van der Waals surface area (Å²) in [6, 6.07) is 11.0. The second-order valence-electron chi connectivity index (χ2n) is 5.32. The summed E-state index contributed by atoms with van der Waals surface area (Å²) >= 11 is 0. The first-order valence-corrected chi connectivity index (χ1v) is 7.51. The molecule has 0 radical (unpaired) electrons. The Morgan fingerprint density at radius 1 is 1.05 bits per heavy atom. The number of amides is 1. The number of nitrogens with zero attached hydrogens (tertiary/aromatic N) is 1. The van der Waals surface area contributed by atoms with E-state index < -0.39 is 0 Å². The number of hydrogen-bond donors (Lipinski definition) is 2. The van der Waals surface area contributed by atoms with Crippen LogP contribution in [0.2, 0.25) is 0 Å². The summed E-state index contributed by atoms with van der Waals surface area (Å²) in [6.07, 6.45) is 5.16. The van der Waals surface area contributed by atoms with E-state index in [9.17, 15) is 4.79 Å². The molecule has 1 saturated heterocycles. The van der Waals surface area contributed by atoms with Crippen LogP contribution in [0.25, 0.3) is 0 Å². The number of anilines is 1. The minimum Gasteiger partial charge on any atom is -0.457 e. The third-order valence-corrected chi connectivity index (χ3v) is 3.72. The monoisotopic (exact) mass is 297 g/mol. The van der Waals surface area contributed by atoms with Crippen LogP contribution >= 0.6 is 0 Å². The maximum Gasteiger partial charge on any atom is 0.227 e. The summed E-state index contributed by atoms with van der Waals surface area (Å²) in [7, 11) is 0. The number of pyridine rings is 1. The van der Waals surface area contributed by atoms with Gasteiger partial charge in [0, 0.05) is 24.0 Å². The van der Waals surface area contributed by atoms with Crippen LogP contribution in [0.1, 0.15) is 12.8 Å². The molecule has 1 fully saturated rings. The number of rotatable bonds is 4. The fourth-order valence-corrected chi connectivity index (χ4v) is 2.48. The molecule has 2 aromatic rings. The molecular formula is C17H19N3O2. The topological polar surface area (TPSA) is 63.2 Å². The molecule has 0 saturated carbocycles. The number of hydrogen-bond acceptors (Lipinski definition) is 4. The summed E-state index contributed by atoms with van der Waals surface area (Å²) < 4.78 is 5.69. The Bertz CT molecular complexity index is 608. The van der Waals surface area contributed by atoms with Crippen LogP contribution in [-0.4, -0.2) is 24.0 Å². The molecule has 0 atom stereocenters. The number of carbonyl (C=O) groups is 1. The van der Waals surface area contributed by atoms with E-state index in [4.69, 9.17) is 4.74 Å². The van der Waals surface area contributed by atoms with E-state index in [1.165, 1.54) is 0 Å². The van der Waals surface area contributed by atoms with Crippen molar-refractivity contribution in [3.05, 3.63) is 48.8 Å². The van der Waals surface area contributed by atoms with Gasteiger partial charge in [0.2, 0.25) is 5.91 Å². The average molecular weight is 297 g/mol. The summed E-state index contributed by atoms with van der Waals surface area (Å²) in [5.74, 6) is 1.67. The van der Waals surface area contributed by atoms with Gasteiger partial charge >= 0.3 is 0 Å². The molecule has 2 heterocycles. The maximum absolute atomic E-state index is 12.2. The Hall–Kier alpha value is -2.40. The predicted molar refractivity (Wildman–Crippen MR) is 85.0 cm³/mol. The number of piperidine rings is 1. The highest BCUT2D eigenvalue weighted by Crippen LogP contribution is 2.23. The molecule has 1 aromatic carbocycles. The van der Waals surface area contributed by atoms with Crippen molar-refractivity contribution in [2.45, 2.75) is 12.8 Å². The van der Waals surface area contributed by atoms with Gasteiger partial charge in [-0.05, 0) is 62.3 Å². The quantitative estimate of drug-likeness (QED) is 0.911. The number of ether oxygens (including phenoxy) is 1. The first kappa shape index (κ1) is 14.5. The fraction of sp³-hybridized carbons (Fsp3) is 0.294. The summed E-state index contributed by atoms with van der Waals surface area (Å²) in [4.78, 5) is 16.1. The lowest BCUT2D eigenvalue weighted by molar-refractivity contribution is -0.120. The normalized spacial score (nSPS) is 15.3. The van der Waals surface area contributed by atoms with E-state index in [1.54, 1.807) is 24.5 Å². The van der Waals surface area contributed by atoms with Gasteiger partial charge < -0.3 is 15.4 Å². The van der Waals surface area contributed by atoms with Crippen molar-refractivity contribution in [3.8, 4) is 11.5 Å². The maximum atomic E-state index is 12.2. The molecule has 0 unspecified atom stereocenters. The molecule has 1 amide bonds. The predicted octanol–water partition coefficient (Wildman–Crippen LogP) is 2.81. The SMILES string of the molecule is O=C(Nc1ccc(Oc2ccncc2)cc1)C1CCNCC1. The minimum absolute atomic E-state index is 0.101. The molecule has 5 heteroatoms. The van der Waals surface area contributed by atoms with Crippen LogP contribution in [0.15, 0.2) is 48.8 Å². The van der Waals surface area contributed by atoms with Crippen LogP contribution < -0.4 is 15.4 Å². The molecule has 1 aromatic heterocycles. The van der Waals surface area contributed by atoms with Crippen molar-refractivity contribution < 1.29 is 9.53 Å². The lowest BCUT2D eigenvalue weighted by Crippen LogP contribution is -2.34. The van der Waals surface area contributed by atoms with Crippen LogP contribution in [-0.2, 0) is 4.79 Å². The molecule has 0 aliphatic carbocycles. The largest absolute Gasteiger partial charge is 0.457 e. The highest BCUT2D eigenvalue weighted by molar-refractivity contribution is 5.92. The third-order valence-electron chi connectivity index (χ3n) is 3.72. The van der Waals surface area contributed by atoms with E-state index in [2.05, 4.69) is 15.6 Å². The molecule has 3 rings (SSSR count). The lowest BCUT2D eigenvalue weighted by Gasteiger charge is -2.21. The molecule has 22 heavy (non-hydrogen) atoms. The summed E-state index contributed by atoms with van der Waals surface area (Å²) in [5.41, 5.74) is 0.797. The molecular weight excluding hydrogens is 278 g/mol. The van der Waals surface area contributed by atoms with Gasteiger partial charge in [-0.2, -0.15) is 0 Å². The van der Waals surface area contributed by atoms with Gasteiger partial charge in [0.25, 0.3) is 0 Å². The Kier molecular flexibility index (Phi) is 4.65. The first-order chi connectivity index (χ1) is 10.8. The number of carbonyl (C=O) groups excluding carboxylic acids is 1. The Balaban J connectivity index is 1.58. The van der Waals surface area contributed by atoms with Crippen molar-refractivity contribution in [3.63, 3.8) is 0 Å². The highest BCUT2D eigenvalue weighted by atomic mass is 16.5. The van der Waals surface area contributed by atoms with Crippen molar-refractivity contribution in [1.82, 2.24) is 10.3 Å². The van der Waals surface area contributed by atoms with E-state index in [0.29, 0.717) is 0 Å². The Morgan fingerprint density at radius 2 is 1.68 bits per heavy atom. The minimum atomic E-state index is 0.101. The standard InChI is InChI=1S/C17H19N3O2/c21-17(13-5-9-18-10-6-13)20-14-1-3-15(4-2-14)22-16-7-11-19-12-8-16/h1-4,7-8,11-13,18H,5-6,9-10H2,(H,20,21). The van der Waals surface area contributed by atoms with Gasteiger partial charge in [-0.25, -0.2) is 0 Å². The van der Waals surface area contributed by atoms with E-state index in [-0.39, 0.29) is 11.8 Å². The van der Waals surface area contributed by atoms with Crippen molar-refractivity contribution in [2.24, 2.45) is 5.92 Å². The van der Waals surface area contributed by atoms with Crippen molar-refractivity contribution in [1.29, 1.82) is 0 Å². The zero-order chi connectivity index (χ0) is 15.2. The summed E-state index contributed by atoms with van der Waals surface area (Å²) in [5, 5.41) is 6.23. The number of aromatic nitrogens is 1. The average Bonchev–Trinajstić information content (AvgIpc) is 2.58. The van der Waals surface area contributed by atoms with Gasteiger partial charge in [0.15, 0.2) is 0 Å². The molecule has 0 bridgehead atoms. The smallest absolute Gasteiger partial charge is 0.227 e. The lowest BCUT2D eigenvalue weighted by atomic mass is 9.97. The van der Waals surface area contributed by atoms with E-state index >= 15 is 0 Å². The van der Waals surface area contributed by atoms with Gasteiger partial charge in [0.1, 0.15) is 11.5 Å². The summed E-state index contributed by atoms with van der Waals surface area (Å²) in [6.45, 7) is 1.83. The second-order valence-corrected chi connectivity index (χ2v) is 5.32. The Labute approximate surface area is 129 Å². The van der Waals surface area contributed by atoms with Gasteiger partial charge in [0.05, 0.1) is 0 Å². The van der Waals surface area contributed by atoms with Crippen LogP contribution in [0.3, 0.4) is 0 Å². The van der Waals surface area contributed by atoms with E-state index in [1.807, 2.05) is 24.3 Å². The van der Waals surface area contributed by atoms with Crippen LogP contribution in [0.4, 0.5) is 5.69 Å². The second kappa shape index (κ2) is 7.04. The Morgan fingerprint density at radius 3 is 2.36 bits per heavy atom. The molecule has 5 nitrogen and oxygen atoms in total. The number of benzene rings is 1. The zero-order valence-electron chi connectivity index (χ0n) is 12.3. The molecule has 1 aliphatic heterocycles. The van der Waals surface area contributed by atoms with Gasteiger partial charge in [-0.1, -0.05) is 0 Å². The van der Waals surface area contributed by atoms with E-state index in [0.717, 1.165) is 43.1 Å². The van der Waals surface area contributed by atoms with Gasteiger partial charge in [-0.15, -0.1) is 0 Å². The number of nitrogens with one attached hydrogen (secondary N) is 2. The van der Waals surface area contributed by atoms with Crippen LogP contribution in [0.5, 0.6) is 11.5 Å². The van der Waals surface area contributed by atoms with Gasteiger partial charge in [-0.3, -0.25) is 9.78 Å². The molecule has 0 spiro atoms. The van der Waals surface area contributed by atoms with Crippen molar-refractivity contribution >= 4 is 11.6 Å².